The molecule has 1 radical (unpaired) electrons. The summed E-state index contributed by atoms with van der Waals surface area (Å²) in [5.74, 6) is -0.528. The summed E-state index contributed by atoms with van der Waals surface area (Å²) in [5.41, 5.74) is 0. The van der Waals surface area contributed by atoms with Crippen LogP contribution in [0, 0.1) is 0 Å². The fourth-order valence-corrected chi connectivity index (χ4v) is 0.621. The molecule has 3 heteroatoms. The topological polar surface area (TPSA) is 47.3 Å². The molecular formula is C7H5O3. The van der Waals surface area contributed by atoms with Crippen molar-refractivity contribution in [1.82, 2.24) is 0 Å². The van der Waals surface area contributed by atoms with E-state index in [1.807, 2.05) is 0 Å². The molecule has 1 heterocycles. The molecule has 0 N–H and O–H groups in total. The Hall–Kier alpha value is -1.38. The number of aldehydes is 1. The predicted molar refractivity (Wildman–Crippen MR) is 33.2 cm³/mol. The van der Waals surface area contributed by atoms with Gasteiger partial charge in [0.15, 0.2) is 0 Å². The summed E-state index contributed by atoms with van der Waals surface area (Å²) in [6.07, 6.45) is 3.44. The standard InChI is InChI=1S/C7H5O3/c8-4-6(5-9)7-2-1-3-10-7/h1-4,6H. The van der Waals surface area contributed by atoms with Crippen LogP contribution in [0.3, 0.4) is 0 Å². The van der Waals surface area contributed by atoms with Gasteiger partial charge in [-0.25, -0.2) is 0 Å². The highest BCUT2D eigenvalue weighted by atomic mass is 16.3. The second kappa shape index (κ2) is 2.96. The van der Waals surface area contributed by atoms with Crippen molar-refractivity contribution in [3.63, 3.8) is 0 Å². The van der Waals surface area contributed by atoms with Crippen LogP contribution in [0.2, 0.25) is 0 Å². The van der Waals surface area contributed by atoms with Gasteiger partial charge in [0.1, 0.15) is 18.0 Å². The molecule has 0 aromatic carbocycles. The Bertz CT molecular complexity index is 205. The van der Waals surface area contributed by atoms with Crippen molar-refractivity contribution in [2.75, 3.05) is 0 Å². The minimum absolute atomic E-state index is 0.338. The van der Waals surface area contributed by atoms with Crippen molar-refractivity contribution in [3.8, 4) is 0 Å². The molecule has 0 saturated carbocycles. The second-order valence-electron chi connectivity index (χ2n) is 1.75. The first kappa shape index (κ1) is 6.74. The van der Waals surface area contributed by atoms with E-state index < -0.39 is 5.92 Å². The maximum absolute atomic E-state index is 10.1. The lowest BCUT2D eigenvalue weighted by atomic mass is 10.1. The molecular weight excluding hydrogens is 132 g/mol. The monoisotopic (exact) mass is 137 g/mol. The van der Waals surface area contributed by atoms with E-state index in [0.29, 0.717) is 12.0 Å². The van der Waals surface area contributed by atoms with Crippen LogP contribution in [-0.2, 0) is 9.59 Å². The quantitative estimate of drug-likeness (QED) is 0.454. The van der Waals surface area contributed by atoms with E-state index in [4.69, 9.17) is 4.42 Å². The molecule has 1 rings (SSSR count). The molecule has 0 aliphatic carbocycles. The van der Waals surface area contributed by atoms with Crippen molar-refractivity contribution in [2.24, 2.45) is 0 Å². The molecule has 0 spiro atoms. The summed E-state index contributed by atoms with van der Waals surface area (Å²) in [7, 11) is 0. The Morgan fingerprint density at radius 3 is 2.90 bits per heavy atom. The molecule has 1 unspecified atom stereocenters. The molecule has 10 heavy (non-hydrogen) atoms. The summed E-state index contributed by atoms with van der Waals surface area (Å²) in [5, 5.41) is 0. The van der Waals surface area contributed by atoms with Gasteiger partial charge < -0.3 is 9.21 Å². The Morgan fingerprint density at radius 2 is 2.50 bits per heavy atom. The highest BCUT2D eigenvalue weighted by molar-refractivity contribution is 5.84. The lowest BCUT2D eigenvalue weighted by Gasteiger charge is -1.91. The molecule has 0 fully saturated rings. The fraction of sp³-hybridized carbons (Fsp3) is 0.143. The molecule has 51 valence electrons. The minimum Gasteiger partial charge on any atom is -0.468 e. The summed E-state index contributed by atoms with van der Waals surface area (Å²) in [6, 6.07) is 3.17. The van der Waals surface area contributed by atoms with Crippen LogP contribution in [0.1, 0.15) is 11.7 Å². The zero-order chi connectivity index (χ0) is 7.40. The van der Waals surface area contributed by atoms with Crippen molar-refractivity contribution >= 4 is 12.6 Å². The van der Waals surface area contributed by atoms with Gasteiger partial charge in [-0.15, -0.1) is 0 Å². The van der Waals surface area contributed by atoms with Crippen LogP contribution in [0.4, 0.5) is 0 Å². The van der Waals surface area contributed by atoms with Gasteiger partial charge in [0.05, 0.1) is 6.26 Å². The van der Waals surface area contributed by atoms with Crippen LogP contribution in [0.25, 0.3) is 0 Å². The van der Waals surface area contributed by atoms with E-state index in [-0.39, 0.29) is 0 Å². The van der Waals surface area contributed by atoms with E-state index in [9.17, 15) is 9.59 Å². The molecule has 1 aromatic rings. The van der Waals surface area contributed by atoms with Gasteiger partial charge in [0.25, 0.3) is 0 Å². The van der Waals surface area contributed by atoms with Gasteiger partial charge in [0, 0.05) is 0 Å². The molecule has 0 aliphatic heterocycles. The first-order valence-corrected chi connectivity index (χ1v) is 2.75. The second-order valence-corrected chi connectivity index (χ2v) is 1.75. The Morgan fingerprint density at radius 1 is 1.70 bits per heavy atom. The Kier molecular flexibility index (Phi) is 1.99. The van der Waals surface area contributed by atoms with Crippen molar-refractivity contribution in [1.29, 1.82) is 0 Å². The van der Waals surface area contributed by atoms with Crippen LogP contribution in [0.15, 0.2) is 22.8 Å². The highest BCUT2D eigenvalue weighted by Crippen LogP contribution is 2.10. The lowest BCUT2D eigenvalue weighted by Crippen LogP contribution is -1.98. The van der Waals surface area contributed by atoms with Crippen LogP contribution in [-0.4, -0.2) is 12.6 Å². The maximum Gasteiger partial charge on any atom is 0.217 e. The molecule has 0 amide bonds. The van der Waals surface area contributed by atoms with Crippen LogP contribution < -0.4 is 0 Å². The number of rotatable bonds is 3. The fourth-order valence-electron chi connectivity index (χ4n) is 0.621. The number of furan rings is 1. The smallest absolute Gasteiger partial charge is 0.217 e. The Labute approximate surface area is 57.6 Å². The van der Waals surface area contributed by atoms with E-state index in [0.717, 1.165) is 0 Å². The zero-order valence-electron chi connectivity index (χ0n) is 5.11. The number of hydrogen-bond donors (Lipinski definition) is 0. The first-order valence-electron chi connectivity index (χ1n) is 2.75. The largest absolute Gasteiger partial charge is 0.468 e. The molecule has 3 nitrogen and oxygen atoms in total. The predicted octanol–water partition coefficient (Wildman–Crippen LogP) is 0.672. The molecule has 0 bridgehead atoms. The van der Waals surface area contributed by atoms with Gasteiger partial charge >= 0.3 is 0 Å². The van der Waals surface area contributed by atoms with Gasteiger partial charge in [0.2, 0.25) is 6.29 Å². The first-order chi connectivity index (χ1) is 4.88. The normalized spacial score (nSPS) is 9.70. The van der Waals surface area contributed by atoms with Crippen molar-refractivity contribution in [2.45, 2.75) is 5.92 Å². The van der Waals surface area contributed by atoms with E-state index in [1.165, 1.54) is 6.26 Å². The molecule has 0 saturated heterocycles. The number of carbonyl (C=O) groups is 1. The minimum atomic E-state index is -0.866. The molecule has 0 aliphatic rings. The summed E-state index contributed by atoms with van der Waals surface area (Å²) in [4.78, 5) is 20.1. The summed E-state index contributed by atoms with van der Waals surface area (Å²) < 4.78 is 4.78. The zero-order valence-corrected chi connectivity index (χ0v) is 5.11. The van der Waals surface area contributed by atoms with Crippen LogP contribution >= 0.6 is 0 Å². The average Bonchev–Trinajstić information content (AvgIpc) is 2.43. The lowest BCUT2D eigenvalue weighted by molar-refractivity contribution is -0.108. The number of carbonyl (C=O) groups excluding carboxylic acids is 2. The SMILES string of the molecule is O=[C]C(C=O)c1ccco1. The third kappa shape index (κ3) is 1.13. The van der Waals surface area contributed by atoms with Gasteiger partial charge in [-0.2, -0.15) is 0 Å². The van der Waals surface area contributed by atoms with E-state index >= 15 is 0 Å². The number of hydrogen-bond acceptors (Lipinski definition) is 3. The summed E-state index contributed by atoms with van der Waals surface area (Å²) >= 11 is 0. The van der Waals surface area contributed by atoms with Crippen molar-refractivity contribution in [3.05, 3.63) is 24.2 Å². The van der Waals surface area contributed by atoms with Gasteiger partial charge in [-0.1, -0.05) is 0 Å². The van der Waals surface area contributed by atoms with Gasteiger partial charge in [-0.05, 0) is 12.1 Å². The Balaban J connectivity index is 2.82. The van der Waals surface area contributed by atoms with Crippen molar-refractivity contribution < 1.29 is 14.0 Å². The third-order valence-electron chi connectivity index (χ3n) is 1.11. The van der Waals surface area contributed by atoms with Crippen LogP contribution in [0.5, 0.6) is 0 Å². The summed E-state index contributed by atoms with van der Waals surface area (Å²) in [6.45, 7) is 0. The van der Waals surface area contributed by atoms with E-state index in [1.54, 1.807) is 18.4 Å². The highest BCUT2D eigenvalue weighted by Gasteiger charge is 2.11. The maximum atomic E-state index is 10.1. The van der Waals surface area contributed by atoms with E-state index in [2.05, 4.69) is 0 Å². The molecule has 1 atom stereocenters. The van der Waals surface area contributed by atoms with Gasteiger partial charge in [-0.3, -0.25) is 4.79 Å². The molecule has 1 aromatic heterocycles. The average molecular weight is 137 g/mol. The third-order valence-corrected chi connectivity index (χ3v) is 1.11.